The minimum atomic E-state index is 0.834. The summed E-state index contributed by atoms with van der Waals surface area (Å²) in [6.45, 7) is 5.77. The van der Waals surface area contributed by atoms with Crippen LogP contribution in [-0.4, -0.2) is 27.4 Å². The molecule has 1 saturated heterocycles. The molecule has 1 aliphatic heterocycles. The Morgan fingerprint density at radius 1 is 1.41 bits per heavy atom. The van der Waals surface area contributed by atoms with Crippen molar-refractivity contribution >= 4 is 5.65 Å². The Balaban J connectivity index is 1.75. The highest BCUT2D eigenvalue weighted by molar-refractivity contribution is 5.39. The van der Waals surface area contributed by atoms with Crippen LogP contribution < -0.4 is 0 Å². The topological polar surface area (TPSA) is 20.5 Å². The standard InChI is InChI=1S/C14H19N3/c1-12-5-4-7-16(9-12)10-13-11-17-8-3-2-6-14(17)15-13/h2-3,6,8,11-12H,4-5,7,9-10H2,1H3. The summed E-state index contributed by atoms with van der Waals surface area (Å²) >= 11 is 0. The highest BCUT2D eigenvalue weighted by Crippen LogP contribution is 2.17. The normalized spacial score (nSPS) is 22.1. The smallest absolute Gasteiger partial charge is 0.137 e. The van der Waals surface area contributed by atoms with E-state index in [-0.39, 0.29) is 0 Å². The maximum absolute atomic E-state index is 4.65. The predicted molar refractivity (Wildman–Crippen MR) is 68.9 cm³/mol. The van der Waals surface area contributed by atoms with Crippen LogP contribution in [0.2, 0.25) is 0 Å². The van der Waals surface area contributed by atoms with Crippen molar-refractivity contribution in [2.75, 3.05) is 13.1 Å². The summed E-state index contributed by atoms with van der Waals surface area (Å²) in [6.07, 6.45) is 6.91. The SMILES string of the molecule is CC1CCCN(Cc2cn3ccccc3n2)C1. The Hall–Kier alpha value is -1.35. The van der Waals surface area contributed by atoms with Gasteiger partial charge < -0.3 is 4.40 Å². The largest absolute Gasteiger partial charge is 0.307 e. The second-order valence-corrected chi connectivity index (χ2v) is 5.18. The Labute approximate surface area is 102 Å². The fourth-order valence-electron chi connectivity index (χ4n) is 2.72. The third-order valence-electron chi connectivity index (χ3n) is 3.54. The molecule has 3 nitrogen and oxygen atoms in total. The molecule has 0 radical (unpaired) electrons. The summed E-state index contributed by atoms with van der Waals surface area (Å²) in [5.74, 6) is 0.834. The number of likely N-dealkylation sites (tertiary alicyclic amines) is 1. The van der Waals surface area contributed by atoms with E-state index in [1.165, 1.54) is 31.6 Å². The Kier molecular flexibility index (Phi) is 2.85. The van der Waals surface area contributed by atoms with E-state index >= 15 is 0 Å². The molecule has 1 fully saturated rings. The minimum Gasteiger partial charge on any atom is -0.307 e. The van der Waals surface area contributed by atoms with Gasteiger partial charge in [0, 0.05) is 25.5 Å². The van der Waals surface area contributed by atoms with Crippen LogP contribution in [0.25, 0.3) is 5.65 Å². The number of fused-ring (bicyclic) bond motifs is 1. The first kappa shape index (κ1) is 10.8. The van der Waals surface area contributed by atoms with Gasteiger partial charge in [-0.05, 0) is 37.4 Å². The highest BCUT2D eigenvalue weighted by Gasteiger charge is 2.17. The Bertz CT molecular complexity index is 470. The van der Waals surface area contributed by atoms with Gasteiger partial charge in [-0.1, -0.05) is 13.0 Å². The third kappa shape index (κ3) is 2.34. The Morgan fingerprint density at radius 3 is 3.18 bits per heavy atom. The van der Waals surface area contributed by atoms with Crippen molar-refractivity contribution in [2.45, 2.75) is 26.3 Å². The van der Waals surface area contributed by atoms with Crippen LogP contribution in [0.1, 0.15) is 25.5 Å². The van der Waals surface area contributed by atoms with E-state index in [0.29, 0.717) is 0 Å². The van der Waals surface area contributed by atoms with Gasteiger partial charge in [0.15, 0.2) is 0 Å². The zero-order valence-corrected chi connectivity index (χ0v) is 10.3. The summed E-state index contributed by atoms with van der Waals surface area (Å²) in [7, 11) is 0. The molecule has 1 aliphatic rings. The van der Waals surface area contributed by atoms with Crippen LogP contribution in [-0.2, 0) is 6.54 Å². The van der Waals surface area contributed by atoms with Gasteiger partial charge in [-0.25, -0.2) is 4.98 Å². The highest BCUT2D eigenvalue weighted by atomic mass is 15.1. The van der Waals surface area contributed by atoms with E-state index in [0.717, 1.165) is 18.1 Å². The predicted octanol–water partition coefficient (Wildman–Crippen LogP) is 2.57. The number of nitrogens with zero attached hydrogens (tertiary/aromatic N) is 3. The van der Waals surface area contributed by atoms with Gasteiger partial charge in [-0.15, -0.1) is 0 Å². The summed E-state index contributed by atoms with van der Waals surface area (Å²) < 4.78 is 2.10. The molecule has 17 heavy (non-hydrogen) atoms. The van der Waals surface area contributed by atoms with E-state index in [4.69, 9.17) is 0 Å². The van der Waals surface area contributed by atoms with Crippen LogP contribution in [0.3, 0.4) is 0 Å². The quantitative estimate of drug-likeness (QED) is 0.789. The van der Waals surface area contributed by atoms with Crippen molar-refractivity contribution in [3.05, 3.63) is 36.3 Å². The van der Waals surface area contributed by atoms with Crippen molar-refractivity contribution in [3.8, 4) is 0 Å². The van der Waals surface area contributed by atoms with Gasteiger partial charge in [-0.2, -0.15) is 0 Å². The fraction of sp³-hybridized carbons (Fsp3) is 0.500. The van der Waals surface area contributed by atoms with Crippen LogP contribution >= 0.6 is 0 Å². The fourth-order valence-corrected chi connectivity index (χ4v) is 2.72. The first-order valence-corrected chi connectivity index (χ1v) is 6.46. The number of hydrogen-bond acceptors (Lipinski definition) is 2. The van der Waals surface area contributed by atoms with Gasteiger partial charge in [0.05, 0.1) is 5.69 Å². The molecule has 0 amide bonds. The lowest BCUT2D eigenvalue weighted by Gasteiger charge is -2.30. The summed E-state index contributed by atoms with van der Waals surface area (Å²) in [6, 6.07) is 6.14. The number of imidazole rings is 1. The van der Waals surface area contributed by atoms with Crippen molar-refractivity contribution < 1.29 is 0 Å². The van der Waals surface area contributed by atoms with Crippen molar-refractivity contribution in [2.24, 2.45) is 5.92 Å². The Morgan fingerprint density at radius 2 is 2.35 bits per heavy atom. The maximum Gasteiger partial charge on any atom is 0.137 e. The van der Waals surface area contributed by atoms with E-state index in [1.54, 1.807) is 0 Å². The number of aromatic nitrogens is 2. The molecule has 3 rings (SSSR count). The van der Waals surface area contributed by atoms with Crippen LogP contribution in [0, 0.1) is 5.92 Å². The van der Waals surface area contributed by atoms with Crippen LogP contribution in [0.5, 0.6) is 0 Å². The molecule has 0 aromatic carbocycles. The molecule has 0 N–H and O–H groups in total. The average Bonchev–Trinajstić information content (AvgIpc) is 2.71. The van der Waals surface area contributed by atoms with Crippen molar-refractivity contribution in [1.82, 2.24) is 14.3 Å². The monoisotopic (exact) mass is 229 g/mol. The molecule has 0 saturated carbocycles. The number of rotatable bonds is 2. The second kappa shape index (κ2) is 4.49. The van der Waals surface area contributed by atoms with Crippen LogP contribution in [0.15, 0.2) is 30.6 Å². The zero-order chi connectivity index (χ0) is 11.7. The van der Waals surface area contributed by atoms with Crippen molar-refractivity contribution in [1.29, 1.82) is 0 Å². The van der Waals surface area contributed by atoms with Gasteiger partial charge >= 0.3 is 0 Å². The number of pyridine rings is 1. The summed E-state index contributed by atoms with van der Waals surface area (Å²) in [4.78, 5) is 7.18. The van der Waals surface area contributed by atoms with Crippen LogP contribution in [0.4, 0.5) is 0 Å². The zero-order valence-electron chi connectivity index (χ0n) is 10.3. The van der Waals surface area contributed by atoms with Crippen molar-refractivity contribution in [3.63, 3.8) is 0 Å². The maximum atomic E-state index is 4.65. The lowest BCUT2D eigenvalue weighted by atomic mass is 10.0. The summed E-state index contributed by atoms with van der Waals surface area (Å²) in [5.41, 5.74) is 2.23. The molecule has 3 heteroatoms. The summed E-state index contributed by atoms with van der Waals surface area (Å²) in [5, 5.41) is 0. The van der Waals surface area contributed by atoms with Gasteiger partial charge in [0.2, 0.25) is 0 Å². The molecule has 2 aromatic rings. The third-order valence-corrected chi connectivity index (χ3v) is 3.54. The first-order chi connectivity index (χ1) is 8.31. The first-order valence-electron chi connectivity index (χ1n) is 6.46. The van der Waals surface area contributed by atoms with Gasteiger partial charge in [0.1, 0.15) is 5.65 Å². The molecular weight excluding hydrogens is 210 g/mol. The minimum absolute atomic E-state index is 0.834. The molecule has 2 aromatic heterocycles. The molecule has 90 valence electrons. The number of piperidine rings is 1. The lowest BCUT2D eigenvalue weighted by molar-refractivity contribution is 0.175. The van der Waals surface area contributed by atoms with E-state index in [1.807, 2.05) is 12.1 Å². The molecule has 1 atom stereocenters. The molecule has 0 aliphatic carbocycles. The molecule has 0 spiro atoms. The van der Waals surface area contributed by atoms with Gasteiger partial charge in [0.25, 0.3) is 0 Å². The average molecular weight is 229 g/mol. The molecule has 0 bridgehead atoms. The lowest BCUT2D eigenvalue weighted by Crippen LogP contribution is -2.33. The number of hydrogen-bond donors (Lipinski definition) is 0. The molecule has 1 unspecified atom stereocenters. The molecule has 3 heterocycles. The van der Waals surface area contributed by atoms with E-state index in [2.05, 4.69) is 39.7 Å². The molecular formula is C14H19N3. The van der Waals surface area contributed by atoms with E-state index < -0.39 is 0 Å². The van der Waals surface area contributed by atoms with E-state index in [9.17, 15) is 0 Å². The second-order valence-electron chi connectivity index (χ2n) is 5.18. The van der Waals surface area contributed by atoms with Gasteiger partial charge in [-0.3, -0.25) is 4.90 Å².